The Labute approximate surface area is 167 Å². The maximum atomic E-state index is 5.45. The maximum absolute atomic E-state index is 5.45. The highest BCUT2D eigenvalue weighted by Gasteiger charge is 2.21. The van der Waals surface area contributed by atoms with Crippen LogP contribution < -0.4 is 0 Å². The van der Waals surface area contributed by atoms with Crippen LogP contribution in [-0.4, -0.2) is 46.6 Å². The van der Waals surface area contributed by atoms with Crippen molar-refractivity contribution in [2.24, 2.45) is 5.92 Å². The zero-order valence-corrected chi connectivity index (χ0v) is 16.5. The van der Waals surface area contributed by atoms with Gasteiger partial charge in [0.25, 0.3) is 0 Å². The summed E-state index contributed by atoms with van der Waals surface area (Å²) in [5.41, 5.74) is 2.40. The minimum atomic E-state index is 0.665. The molecule has 1 fully saturated rings. The van der Waals surface area contributed by atoms with Gasteiger partial charge in [-0.2, -0.15) is 4.98 Å². The first-order chi connectivity index (χ1) is 13.8. The maximum Gasteiger partial charge on any atom is 0.241 e. The fourth-order valence-corrected chi connectivity index (χ4v) is 3.93. The molecule has 0 unspecified atom stereocenters. The summed E-state index contributed by atoms with van der Waals surface area (Å²) in [7, 11) is 2.14. The molecular formula is C23H28N4O. The van der Waals surface area contributed by atoms with Gasteiger partial charge in [0.2, 0.25) is 11.7 Å². The van der Waals surface area contributed by atoms with Crippen LogP contribution in [-0.2, 0) is 13.1 Å². The third kappa shape index (κ3) is 5.06. The highest BCUT2D eigenvalue weighted by Crippen LogP contribution is 2.21. The van der Waals surface area contributed by atoms with E-state index in [-0.39, 0.29) is 0 Å². The zero-order chi connectivity index (χ0) is 19.2. The van der Waals surface area contributed by atoms with Crippen LogP contribution >= 0.6 is 0 Å². The molecule has 1 aromatic heterocycles. The SMILES string of the molecule is CN(Cc1nc(-c2ccccc2)no1)CC1CCN(Cc2ccccc2)CC1. The Morgan fingerprint density at radius 3 is 2.39 bits per heavy atom. The summed E-state index contributed by atoms with van der Waals surface area (Å²) < 4.78 is 5.45. The average molecular weight is 377 g/mol. The van der Waals surface area contributed by atoms with Gasteiger partial charge in [-0.25, -0.2) is 0 Å². The van der Waals surface area contributed by atoms with Crippen molar-refractivity contribution in [1.29, 1.82) is 0 Å². The Kier molecular flexibility index (Phi) is 6.14. The lowest BCUT2D eigenvalue weighted by Crippen LogP contribution is -2.37. The molecule has 0 bridgehead atoms. The van der Waals surface area contributed by atoms with Gasteiger partial charge < -0.3 is 4.52 Å². The Morgan fingerprint density at radius 1 is 1.00 bits per heavy atom. The molecule has 2 aromatic carbocycles. The topological polar surface area (TPSA) is 45.4 Å². The molecule has 0 radical (unpaired) electrons. The van der Waals surface area contributed by atoms with Crippen LogP contribution in [0.1, 0.15) is 24.3 Å². The van der Waals surface area contributed by atoms with E-state index < -0.39 is 0 Å². The molecule has 5 nitrogen and oxygen atoms in total. The quantitative estimate of drug-likeness (QED) is 0.622. The zero-order valence-electron chi connectivity index (χ0n) is 16.5. The van der Waals surface area contributed by atoms with Gasteiger partial charge in [-0.1, -0.05) is 65.8 Å². The third-order valence-electron chi connectivity index (χ3n) is 5.43. The van der Waals surface area contributed by atoms with E-state index in [9.17, 15) is 0 Å². The van der Waals surface area contributed by atoms with Crippen LogP contribution in [0.2, 0.25) is 0 Å². The Bertz CT molecular complexity index is 841. The molecule has 0 spiro atoms. The Hall–Kier alpha value is -2.50. The van der Waals surface area contributed by atoms with Crippen LogP contribution in [0, 0.1) is 5.92 Å². The Balaban J connectivity index is 1.23. The fraction of sp³-hybridized carbons (Fsp3) is 0.391. The van der Waals surface area contributed by atoms with E-state index in [0.29, 0.717) is 18.3 Å². The second-order valence-electron chi connectivity index (χ2n) is 7.78. The molecule has 1 aliphatic heterocycles. The summed E-state index contributed by atoms with van der Waals surface area (Å²) in [5, 5.41) is 4.12. The fourth-order valence-electron chi connectivity index (χ4n) is 3.93. The van der Waals surface area contributed by atoms with Crippen molar-refractivity contribution >= 4 is 0 Å². The lowest BCUT2D eigenvalue weighted by atomic mass is 9.96. The first-order valence-electron chi connectivity index (χ1n) is 10.1. The van der Waals surface area contributed by atoms with Crippen LogP contribution in [0.15, 0.2) is 65.2 Å². The van der Waals surface area contributed by atoms with Crippen molar-refractivity contribution in [1.82, 2.24) is 19.9 Å². The molecule has 0 N–H and O–H groups in total. The highest BCUT2D eigenvalue weighted by atomic mass is 16.5. The van der Waals surface area contributed by atoms with E-state index in [1.54, 1.807) is 0 Å². The van der Waals surface area contributed by atoms with E-state index in [2.05, 4.69) is 57.3 Å². The molecule has 1 saturated heterocycles. The summed E-state index contributed by atoms with van der Waals surface area (Å²) >= 11 is 0. The predicted octanol–water partition coefficient (Wildman–Crippen LogP) is 4.08. The van der Waals surface area contributed by atoms with Crippen molar-refractivity contribution in [3.05, 3.63) is 72.1 Å². The van der Waals surface area contributed by atoms with Gasteiger partial charge in [-0.15, -0.1) is 0 Å². The number of benzene rings is 2. The second-order valence-corrected chi connectivity index (χ2v) is 7.78. The molecule has 3 aromatic rings. The second kappa shape index (κ2) is 9.13. The summed E-state index contributed by atoms with van der Waals surface area (Å²) in [6.45, 7) is 5.18. The number of hydrogen-bond acceptors (Lipinski definition) is 5. The van der Waals surface area contributed by atoms with Crippen molar-refractivity contribution in [3.63, 3.8) is 0 Å². The van der Waals surface area contributed by atoms with E-state index in [1.807, 2.05) is 30.3 Å². The van der Waals surface area contributed by atoms with Gasteiger partial charge in [0.1, 0.15) is 0 Å². The van der Waals surface area contributed by atoms with Crippen LogP contribution in [0.25, 0.3) is 11.4 Å². The normalized spacial score (nSPS) is 15.9. The lowest BCUT2D eigenvalue weighted by Gasteiger charge is -2.33. The molecule has 0 atom stereocenters. The molecule has 0 saturated carbocycles. The van der Waals surface area contributed by atoms with E-state index in [0.717, 1.165) is 24.6 Å². The first kappa shape index (κ1) is 18.8. The Morgan fingerprint density at radius 2 is 1.68 bits per heavy atom. The number of likely N-dealkylation sites (tertiary alicyclic amines) is 1. The van der Waals surface area contributed by atoms with Gasteiger partial charge in [-0.3, -0.25) is 9.80 Å². The molecule has 146 valence electrons. The van der Waals surface area contributed by atoms with Crippen LogP contribution in [0.3, 0.4) is 0 Å². The van der Waals surface area contributed by atoms with Gasteiger partial charge >= 0.3 is 0 Å². The summed E-state index contributed by atoms with van der Waals surface area (Å²) in [6.07, 6.45) is 2.49. The van der Waals surface area contributed by atoms with Crippen molar-refractivity contribution in [2.75, 3.05) is 26.7 Å². The monoisotopic (exact) mass is 376 g/mol. The number of piperidine rings is 1. The van der Waals surface area contributed by atoms with Gasteiger partial charge in [0.15, 0.2) is 0 Å². The number of nitrogens with zero attached hydrogens (tertiary/aromatic N) is 4. The first-order valence-corrected chi connectivity index (χ1v) is 10.1. The van der Waals surface area contributed by atoms with Crippen molar-refractivity contribution in [2.45, 2.75) is 25.9 Å². The number of hydrogen-bond donors (Lipinski definition) is 0. The van der Waals surface area contributed by atoms with E-state index >= 15 is 0 Å². The van der Waals surface area contributed by atoms with E-state index in [1.165, 1.54) is 31.5 Å². The molecule has 1 aliphatic rings. The summed E-state index contributed by atoms with van der Waals surface area (Å²) in [6, 6.07) is 20.7. The molecule has 28 heavy (non-hydrogen) atoms. The minimum absolute atomic E-state index is 0.665. The molecule has 5 heteroatoms. The molecular weight excluding hydrogens is 348 g/mol. The number of aromatic nitrogens is 2. The third-order valence-corrected chi connectivity index (χ3v) is 5.43. The molecule has 4 rings (SSSR count). The summed E-state index contributed by atoms with van der Waals surface area (Å²) in [4.78, 5) is 9.42. The van der Waals surface area contributed by atoms with Gasteiger partial charge in [-0.05, 0) is 44.5 Å². The molecule has 0 aliphatic carbocycles. The van der Waals surface area contributed by atoms with Crippen molar-refractivity contribution in [3.8, 4) is 11.4 Å². The van der Waals surface area contributed by atoms with Crippen molar-refractivity contribution < 1.29 is 4.52 Å². The molecule has 2 heterocycles. The standard InChI is InChI=1S/C23H28N4O/c1-26(18-22-24-23(25-28-22)21-10-6-3-7-11-21)16-20-12-14-27(15-13-20)17-19-8-4-2-5-9-19/h2-11,20H,12-18H2,1H3. The van der Waals surface area contributed by atoms with Gasteiger partial charge in [0.05, 0.1) is 6.54 Å². The van der Waals surface area contributed by atoms with Gasteiger partial charge in [0, 0.05) is 18.7 Å². The smallest absolute Gasteiger partial charge is 0.241 e. The predicted molar refractivity (Wildman–Crippen MR) is 111 cm³/mol. The highest BCUT2D eigenvalue weighted by molar-refractivity contribution is 5.53. The molecule has 0 amide bonds. The lowest BCUT2D eigenvalue weighted by molar-refractivity contribution is 0.142. The average Bonchev–Trinajstić information content (AvgIpc) is 3.19. The minimum Gasteiger partial charge on any atom is -0.338 e. The van der Waals surface area contributed by atoms with Crippen LogP contribution in [0.4, 0.5) is 0 Å². The summed E-state index contributed by atoms with van der Waals surface area (Å²) in [5.74, 6) is 2.08. The number of rotatable bonds is 7. The van der Waals surface area contributed by atoms with Crippen LogP contribution in [0.5, 0.6) is 0 Å². The largest absolute Gasteiger partial charge is 0.338 e. The van der Waals surface area contributed by atoms with E-state index in [4.69, 9.17) is 4.52 Å².